The third kappa shape index (κ3) is 7.52. The Hall–Kier alpha value is -2.05. The molecule has 3 rings (SSSR count). The Balaban J connectivity index is 0.000000330. The van der Waals surface area contributed by atoms with Crippen molar-refractivity contribution in [3.05, 3.63) is 67.4 Å². The van der Waals surface area contributed by atoms with Crippen molar-refractivity contribution in [3.63, 3.8) is 0 Å². The second-order valence-electron chi connectivity index (χ2n) is 5.88. The van der Waals surface area contributed by atoms with E-state index in [4.69, 9.17) is 0 Å². The van der Waals surface area contributed by atoms with Crippen molar-refractivity contribution in [2.45, 2.75) is 12.1 Å². The van der Waals surface area contributed by atoms with Crippen molar-refractivity contribution in [3.8, 4) is 22.4 Å². The van der Waals surface area contributed by atoms with Crippen LogP contribution in [0.2, 0.25) is 0 Å². The Bertz CT molecular complexity index is 976. The Morgan fingerprint density at radius 2 is 1.31 bits per heavy atom. The average molecular weight is 593 g/mol. The molecule has 32 heavy (non-hydrogen) atoms. The molecule has 0 saturated carbocycles. The van der Waals surface area contributed by atoms with Gasteiger partial charge in [-0.2, -0.15) is 22.0 Å². The summed E-state index contributed by atoms with van der Waals surface area (Å²) in [5.41, 5.74) is 4.07. The Labute approximate surface area is 218 Å². The van der Waals surface area contributed by atoms with E-state index in [-0.39, 0.29) is 49.4 Å². The quantitative estimate of drug-likeness (QED) is 0.322. The number of alkyl halides is 6. The minimum atomic E-state index is -5.70. The van der Waals surface area contributed by atoms with Gasteiger partial charge in [0.25, 0.3) is 5.78 Å². The van der Waals surface area contributed by atoms with E-state index in [1.165, 1.54) is 0 Å². The zero-order chi connectivity index (χ0) is 23.1. The van der Waals surface area contributed by atoms with Gasteiger partial charge in [-0.1, -0.05) is 12.1 Å². The Morgan fingerprint density at radius 1 is 0.781 bits per heavy atom. The SMILES string of the molecule is O=C(C(=O)C(F)(F)CF)C(F)(F)F.[Eu].c1cncc(-c2cccnc2-c2cccnc2)c1. The third-order valence-electron chi connectivity index (χ3n) is 3.68. The fourth-order valence-electron chi connectivity index (χ4n) is 2.25. The van der Waals surface area contributed by atoms with E-state index in [1.807, 2.05) is 48.8 Å². The summed E-state index contributed by atoms with van der Waals surface area (Å²) < 4.78 is 69.1. The van der Waals surface area contributed by atoms with Crippen molar-refractivity contribution >= 4 is 11.6 Å². The van der Waals surface area contributed by atoms with Crippen LogP contribution in [0.3, 0.4) is 0 Å². The van der Waals surface area contributed by atoms with Gasteiger partial charge in [0, 0.05) is 97.1 Å². The zero-order valence-electron chi connectivity index (χ0n) is 15.9. The van der Waals surface area contributed by atoms with Crippen molar-refractivity contribution in [2.24, 2.45) is 0 Å². The maximum atomic E-state index is 11.9. The number of rotatable bonds is 5. The fourth-order valence-corrected chi connectivity index (χ4v) is 2.25. The van der Waals surface area contributed by atoms with E-state index in [9.17, 15) is 35.9 Å². The number of carbonyl (C=O) groups excluding carboxylic acids is 2. The van der Waals surface area contributed by atoms with Crippen LogP contribution in [-0.4, -0.2) is 45.3 Å². The van der Waals surface area contributed by atoms with Crippen molar-refractivity contribution in [1.82, 2.24) is 15.0 Å². The molecule has 169 valence electrons. The molecule has 0 aromatic carbocycles. The topological polar surface area (TPSA) is 72.8 Å². The summed E-state index contributed by atoms with van der Waals surface area (Å²) in [4.78, 5) is 32.6. The van der Waals surface area contributed by atoms with Gasteiger partial charge in [-0.15, -0.1) is 0 Å². The van der Waals surface area contributed by atoms with Gasteiger partial charge in [0.2, 0.25) is 0 Å². The van der Waals surface area contributed by atoms with Crippen LogP contribution in [-0.2, 0) is 9.59 Å². The molecule has 0 amide bonds. The van der Waals surface area contributed by atoms with Crippen LogP contribution < -0.4 is 0 Å². The smallest absolute Gasteiger partial charge is 0.284 e. The van der Waals surface area contributed by atoms with Gasteiger partial charge in [-0.05, 0) is 24.3 Å². The number of pyridine rings is 3. The van der Waals surface area contributed by atoms with E-state index >= 15 is 0 Å². The molecule has 1 radical (unpaired) electrons. The molecule has 0 atom stereocenters. The molecule has 0 unspecified atom stereocenters. The molecule has 3 heterocycles. The predicted octanol–water partition coefficient (Wildman–Crippen LogP) is 4.50. The summed E-state index contributed by atoms with van der Waals surface area (Å²) in [5.74, 6) is -11.2. The first-order valence-electron chi connectivity index (χ1n) is 8.43. The van der Waals surface area contributed by atoms with Crippen LogP contribution >= 0.6 is 0 Å². The summed E-state index contributed by atoms with van der Waals surface area (Å²) in [5, 5.41) is 0. The van der Waals surface area contributed by atoms with Crippen LogP contribution in [0, 0.1) is 49.4 Å². The van der Waals surface area contributed by atoms with Gasteiger partial charge in [0.1, 0.15) is 0 Å². The molecule has 0 aliphatic rings. The van der Waals surface area contributed by atoms with E-state index in [0.717, 1.165) is 22.4 Å². The summed E-state index contributed by atoms with van der Waals surface area (Å²) in [7, 11) is 0. The summed E-state index contributed by atoms with van der Waals surface area (Å²) in [6, 6.07) is 11.9. The summed E-state index contributed by atoms with van der Waals surface area (Å²) in [6.07, 6.45) is 3.29. The summed E-state index contributed by atoms with van der Waals surface area (Å²) in [6.45, 7) is -2.63. The van der Waals surface area contributed by atoms with Crippen LogP contribution in [0.25, 0.3) is 22.4 Å². The number of aromatic nitrogens is 3. The number of nitrogens with zero attached hydrogens (tertiary/aromatic N) is 3. The fraction of sp³-hybridized carbons (Fsp3) is 0.150. The molecule has 12 heteroatoms. The van der Waals surface area contributed by atoms with Crippen LogP contribution in [0.4, 0.5) is 26.3 Å². The van der Waals surface area contributed by atoms with E-state index < -0.39 is 30.3 Å². The molecular formula is C20H13EuF6N3O2. The number of hydrogen-bond donors (Lipinski definition) is 0. The van der Waals surface area contributed by atoms with Crippen molar-refractivity contribution in [1.29, 1.82) is 0 Å². The van der Waals surface area contributed by atoms with E-state index in [0.29, 0.717) is 0 Å². The van der Waals surface area contributed by atoms with Crippen LogP contribution in [0.1, 0.15) is 0 Å². The zero-order valence-corrected chi connectivity index (χ0v) is 18.3. The van der Waals surface area contributed by atoms with Crippen molar-refractivity contribution < 1.29 is 85.3 Å². The van der Waals surface area contributed by atoms with Crippen molar-refractivity contribution in [2.75, 3.05) is 6.67 Å². The van der Waals surface area contributed by atoms with Gasteiger partial charge in [0.05, 0.1) is 5.69 Å². The molecule has 0 bridgehead atoms. The van der Waals surface area contributed by atoms with E-state index in [2.05, 4.69) is 15.0 Å². The van der Waals surface area contributed by atoms with E-state index in [1.54, 1.807) is 18.6 Å². The monoisotopic (exact) mass is 594 g/mol. The average Bonchev–Trinajstić information content (AvgIpc) is 2.79. The standard InChI is InChI=1S/C15H11N3.C5H2F6O2.Eu/c1-4-12(10-16-7-1)14-6-3-9-18-15(14)13-5-2-8-17-11-13;6-1-4(7,8)2(12)3(13)5(9,10)11;/h1-11H;1H2;. The van der Waals surface area contributed by atoms with Crippen LogP contribution in [0.15, 0.2) is 67.4 Å². The molecule has 0 fully saturated rings. The second-order valence-corrected chi connectivity index (χ2v) is 5.88. The number of ketones is 2. The minimum Gasteiger partial charge on any atom is -0.284 e. The first-order chi connectivity index (χ1) is 14.6. The number of carbonyl (C=O) groups is 2. The molecule has 3 aromatic heterocycles. The molecule has 0 aliphatic carbocycles. The summed E-state index contributed by atoms with van der Waals surface area (Å²) >= 11 is 0. The molecule has 0 aliphatic heterocycles. The van der Waals surface area contributed by atoms with Gasteiger partial charge in [-0.25, -0.2) is 4.39 Å². The third-order valence-corrected chi connectivity index (χ3v) is 3.68. The van der Waals surface area contributed by atoms with Gasteiger partial charge in [0.15, 0.2) is 6.67 Å². The number of halogens is 6. The van der Waals surface area contributed by atoms with Crippen LogP contribution in [0.5, 0.6) is 0 Å². The number of Topliss-reactive ketones (excluding diaryl/α,β-unsaturated/α-hetero) is 2. The molecule has 0 spiro atoms. The first kappa shape index (κ1) is 28.0. The molecule has 5 nitrogen and oxygen atoms in total. The maximum Gasteiger partial charge on any atom is 0.458 e. The Morgan fingerprint density at radius 3 is 1.78 bits per heavy atom. The normalized spacial score (nSPS) is 10.9. The first-order valence-corrected chi connectivity index (χ1v) is 8.43. The molecular weight excluding hydrogens is 580 g/mol. The maximum absolute atomic E-state index is 11.9. The predicted molar refractivity (Wildman–Crippen MR) is 97.7 cm³/mol. The molecule has 0 saturated heterocycles. The van der Waals surface area contributed by atoms with Gasteiger partial charge >= 0.3 is 17.9 Å². The Kier molecular flexibility index (Phi) is 10.7. The molecule has 0 N–H and O–H groups in total. The number of hydrogen-bond acceptors (Lipinski definition) is 5. The second kappa shape index (κ2) is 12.3. The molecule has 3 aromatic rings. The largest absolute Gasteiger partial charge is 0.458 e. The van der Waals surface area contributed by atoms with Gasteiger partial charge < -0.3 is 0 Å². The minimum absolute atomic E-state index is 0. The van der Waals surface area contributed by atoms with Gasteiger partial charge in [-0.3, -0.25) is 24.5 Å².